The normalized spacial score (nSPS) is 21.8. The van der Waals surface area contributed by atoms with Crippen molar-refractivity contribution >= 4 is 21.8 Å². The number of rotatable bonds is 2. The van der Waals surface area contributed by atoms with Gasteiger partial charge in [0.2, 0.25) is 10.0 Å². The molecule has 0 radical (unpaired) electrons. The molecule has 2 heterocycles. The number of sulfonamides is 1. The van der Waals surface area contributed by atoms with Gasteiger partial charge in [0.05, 0.1) is 19.1 Å². The third-order valence-corrected chi connectivity index (χ3v) is 5.19. The molecular weight excluding hydrogens is 276 g/mol. The van der Waals surface area contributed by atoms with Gasteiger partial charge in [0.15, 0.2) is 0 Å². The van der Waals surface area contributed by atoms with Crippen molar-refractivity contribution in [2.24, 2.45) is 0 Å². The molecule has 0 aliphatic carbocycles. The smallest absolute Gasteiger partial charge is 0.213 e. The van der Waals surface area contributed by atoms with Crippen LogP contribution >= 0.6 is 0 Å². The summed E-state index contributed by atoms with van der Waals surface area (Å²) >= 11 is 0. The molecule has 0 amide bonds. The number of methoxy groups -OCH3 is 1. The molecule has 1 saturated heterocycles. The molecule has 1 unspecified atom stereocenters. The van der Waals surface area contributed by atoms with Crippen LogP contribution in [0.15, 0.2) is 17.7 Å². The van der Waals surface area contributed by atoms with Crippen molar-refractivity contribution in [1.29, 1.82) is 0 Å². The second kappa shape index (κ2) is 4.49. The zero-order chi connectivity index (χ0) is 14.5. The fraction of sp³-hybridized carbons (Fsp3) is 0.429. The molecule has 1 fully saturated rings. The Morgan fingerprint density at radius 3 is 2.80 bits per heavy atom. The van der Waals surface area contributed by atoms with E-state index in [1.807, 2.05) is 19.1 Å². The van der Waals surface area contributed by atoms with Crippen molar-refractivity contribution < 1.29 is 13.2 Å². The summed E-state index contributed by atoms with van der Waals surface area (Å²) in [5.74, 6) is 0.737. The fourth-order valence-electron chi connectivity index (χ4n) is 2.89. The number of hydrogen-bond donors (Lipinski definition) is 1. The van der Waals surface area contributed by atoms with E-state index in [4.69, 9.17) is 4.74 Å². The molecule has 3 rings (SSSR count). The zero-order valence-corrected chi connectivity index (χ0v) is 12.6. The molecule has 2 aliphatic heterocycles. The largest absolute Gasteiger partial charge is 0.495 e. The maximum absolute atomic E-state index is 11.8. The first-order valence-corrected chi connectivity index (χ1v) is 8.38. The van der Waals surface area contributed by atoms with E-state index in [9.17, 15) is 8.42 Å². The Morgan fingerprint density at radius 1 is 1.40 bits per heavy atom. The summed E-state index contributed by atoms with van der Waals surface area (Å²) in [7, 11) is -1.60. The van der Waals surface area contributed by atoms with Gasteiger partial charge in [0.25, 0.3) is 0 Å². The first kappa shape index (κ1) is 13.5. The van der Waals surface area contributed by atoms with Crippen molar-refractivity contribution in [3.05, 3.63) is 28.8 Å². The molecule has 0 spiro atoms. The van der Waals surface area contributed by atoms with Gasteiger partial charge in [0.1, 0.15) is 11.9 Å². The van der Waals surface area contributed by atoms with Crippen LogP contribution in [0.5, 0.6) is 5.75 Å². The van der Waals surface area contributed by atoms with E-state index in [0.29, 0.717) is 6.54 Å². The third kappa shape index (κ3) is 1.99. The first-order chi connectivity index (χ1) is 9.41. The number of aryl methyl sites for hydroxylation is 1. The summed E-state index contributed by atoms with van der Waals surface area (Å²) in [6, 6.07) is 3.92. The molecule has 1 N–H and O–H groups in total. The van der Waals surface area contributed by atoms with Gasteiger partial charge in [-0.1, -0.05) is 6.07 Å². The van der Waals surface area contributed by atoms with E-state index >= 15 is 0 Å². The molecule has 5 nitrogen and oxygen atoms in total. The van der Waals surface area contributed by atoms with Crippen LogP contribution in [0.3, 0.4) is 0 Å². The van der Waals surface area contributed by atoms with E-state index in [1.165, 1.54) is 10.6 Å². The van der Waals surface area contributed by atoms with Crippen molar-refractivity contribution in [2.75, 3.05) is 25.2 Å². The SMILES string of the molecule is COc1ccc(C)c2c1NC1C(=C2)CCN1S(C)(=O)=O. The summed E-state index contributed by atoms with van der Waals surface area (Å²) in [5, 5.41) is 3.33. The molecule has 1 atom stereocenters. The number of fused-ring (bicyclic) bond motifs is 2. The van der Waals surface area contributed by atoms with Crippen LogP contribution in [-0.2, 0) is 10.0 Å². The lowest BCUT2D eigenvalue weighted by atomic mass is 9.97. The maximum Gasteiger partial charge on any atom is 0.213 e. The van der Waals surface area contributed by atoms with Gasteiger partial charge in [-0.3, -0.25) is 0 Å². The van der Waals surface area contributed by atoms with Crippen LogP contribution in [0, 0.1) is 6.92 Å². The molecule has 0 aromatic heterocycles. The number of nitrogens with one attached hydrogen (secondary N) is 1. The molecule has 6 heteroatoms. The van der Waals surface area contributed by atoms with Crippen LogP contribution in [0.2, 0.25) is 0 Å². The molecule has 0 saturated carbocycles. The summed E-state index contributed by atoms with van der Waals surface area (Å²) in [6.07, 6.45) is 3.83. The number of hydrogen-bond acceptors (Lipinski definition) is 4. The molecule has 0 bridgehead atoms. The predicted molar refractivity (Wildman–Crippen MR) is 79.3 cm³/mol. The van der Waals surface area contributed by atoms with Gasteiger partial charge in [-0.15, -0.1) is 0 Å². The van der Waals surface area contributed by atoms with Gasteiger partial charge >= 0.3 is 0 Å². The van der Waals surface area contributed by atoms with Gasteiger partial charge in [-0.25, -0.2) is 8.42 Å². The lowest BCUT2D eigenvalue weighted by Crippen LogP contribution is -2.41. The summed E-state index contributed by atoms with van der Waals surface area (Å²) in [4.78, 5) is 0. The van der Waals surface area contributed by atoms with E-state index in [2.05, 4.69) is 11.4 Å². The van der Waals surface area contributed by atoms with E-state index in [-0.39, 0.29) is 6.17 Å². The number of benzene rings is 1. The topological polar surface area (TPSA) is 58.6 Å². The minimum Gasteiger partial charge on any atom is -0.495 e. The van der Waals surface area contributed by atoms with Crippen molar-refractivity contribution in [1.82, 2.24) is 4.31 Å². The Kier molecular flexibility index (Phi) is 3.02. The summed E-state index contributed by atoms with van der Waals surface area (Å²) in [5.41, 5.74) is 4.22. The monoisotopic (exact) mass is 294 g/mol. The van der Waals surface area contributed by atoms with Crippen molar-refractivity contribution in [2.45, 2.75) is 19.5 Å². The van der Waals surface area contributed by atoms with Crippen LogP contribution in [0.25, 0.3) is 6.08 Å². The number of ether oxygens (including phenoxy) is 1. The van der Waals surface area contributed by atoms with Gasteiger partial charge in [-0.2, -0.15) is 4.31 Å². The summed E-state index contributed by atoms with van der Waals surface area (Å²) < 4.78 is 30.6. The van der Waals surface area contributed by atoms with Crippen molar-refractivity contribution in [3.63, 3.8) is 0 Å². The highest BCUT2D eigenvalue weighted by Crippen LogP contribution is 2.41. The predicted octanol–water partition coefficient (Wildman–Crippen LogP) is 1.80. The first-order valence-electron chi connectivity index (χ1n) is 6.53. The Morgan fingerprint density at radius 2 is 2.15 bits per heavy atom. The average Bonchev–Trinajstić information content (AvgIpc) is 2.80. The van der Waals surface area contributed by atoms with Crippen LogP contribution < -0.4 is 10.1 Å². The highest BCUT2D eigenvalue weighted by molar-refractivity contribution is 7.88. The standard InChI is InChI=1S/C14H18N2O3S/c1-9-4-5-12(19-2)13-11(9)8-10-6-7-16(14(10)15-13)20(3,17)18/h4-5,8,14-15H,6-7H2,1-3H3. The molecule has 2 aliphatic rings. The van der Waals surface area contributed by atoms with Crippen LogP contribution in [-0.4, -0.2) is 38.8 Å². The third-order valence-electron chi connectivity index (χ3n) is 3.94. The fourth-order valence-corrected chi connectivity index (χ4v) is 3.89. The Balaban J connectivity index is 2.10. The highest BCUT2D eigenvalue weighted by atomic mass is 32.2. The van der Waals surface area contributed by atoms with E-state index in [0.717, 1.165) is 34.6 Å². The Labute approximate surface area is 119 Å². The number of nitrogens with zero attached hydrogens (tertiary/aromatic N) is 1. The Bertz CT molecular complexity index is 695. The van der Waals surface area contributed by atoms with E-state index in [1.54, 1.807) is 7.11 Å². The lowest BCUT2D eigenvalue weighted by molar-refractivity contribution is 0.409. The second-order valence-electron chi connectivity index (χ2n) is 5.26. The highest BCUT2D eigenvalue weighted by Gasteiger charge is 2.38. The lowest BCUT2D eigenvalue weighted by Gasteiger charge is -2.30. The van der Waals surface area contributed by atoms with Gasteiger partial charge in [0, 0.05) is 12.1 Å². The van der Waals surface area contributed by atoms with Crippen LogP contribution in [0.4, 0.5) is 5.69 Å². The minimum absolute atomic E-state index is 0.284. The molecule has 1 aromatic carbocycles. The van der Waals surface area contributed by atoms with Crippen LogP contribution in [0.1, 0.15) is 17.5 Å². The molecule has 1 aromatic rings. The molecular formula is C14H18N2O3S. The zero-order valence-electron chi connectivity index (χ0n) is 11.8. The molecule has 20 heavy (non-hydrogen) atoms. The molecule has 108 valence electrons. The number of anilines is 1. The summed E-state index contributed by atoms with van der Waals surface area (Å²) in [6.45, 7) is 2.57. The van der Waals surface area contributed by atoms with E-state index < -0.39 is 10.0 Å². The Hall–Kier alpha value is -1.53. The minimum atomic E-state index is -3.22. The quantitative estimate of drug-likeness (QED) is 0.903. The second-order valence-corrected chi connectivity index (χ2v) is 7.20. The van der Waals surface area contributed by atoms with Gasteiger partial charge in [-0.05, 0) is 36.6 Å². The average molecular weight is 294 g/mol. The van der Waals surface area contributed by atoms with Crippen molar-refractivity contribution in [3.8, 4) is 5.75 Å². The van der Waals surface area contributed by atoms with Gasteiger partial charge < -0.3 is 10.1 Å². The maximum atomic E-state index is 11.8.